The third-order valence-corrected chi connectivity index (χ3v) is 4.82. The summed E-state index contributed by atoms with van der Waals surface area (Å²) in [6, 6.07) is 5.44. The fourth-order valence-corrected chi connectivity index (χ4v) is 3.44. The van der Waals surface area contributed by atoms with Crippen LogP contribution < -0.4 is 0 Å². The number of amides is 1. The van der Waals surface area contributed by atoms with Crippen LogP contribution in [0.5, 0.6) is 0 Å². The van der Waals surface area contributed by atoms with Crippen molar-refractivity contribution in [3.63, 3.8) is 0 Å². The van der Waals surface area contributed by atoms with Gasteiger partial charge in [-0.15, -0.1) is 0 Å². The number of alkyl halides is 3. The fourth-order valence-electron chi connectivity index (χ4n) is 3.31. The molecule has 1 saturated carbocycles. The minimum Gasteiger partial charge on any atom is -0.362 e. The Hall–Kier alpha value is -1.60. The first kappa shape index (κ1) is 17.2. The highest BCUT2D eigenvalue weighted by atomic mass is 35.5. The van der Waals surface area contributed by atoms with Gasteiger partial charge in [-0.3, -0.25) is 4.79 Å². The number of carbonyl (C=O) groups is 1. The van der Waals surface area contributed by atoms with Gasteiger partial charge in [0.1, 0.15) is 0 Å². The Morgan fingerprint density at radius 2 is 1.92 bits per heavy atom. The molecule has 0 unspecified atom stereocenters. The first-order valence-electron chi connectivity index (χ1n) is 7.71. The van der Waals surface area contributed by atoms with Gasteiger partial charge in [-0.2, -0.15) is 23.3 Å². The van der Waals surface area contributed by atoms with Gasteiger partial charge in [-0.25, -0.2) is 0 Å². The maximum absolute atomic E-state index is 13.7. The van der Waals surface area contributed by atoms with E-state index in [0.717, 1.165) is 6.42 Å². The van der Waals surface area contributed by atoms with Gasteiger partial charge in [0.05, 0.1) is 5.92 Å². The second-order valence-electron chi connectivity index (χ2n) is 6.09. The molecule has 3 rings (SSSR count). The summed E-state index contributed by atoms with van der Waals surface area (Å²) in [4.78, 5) is 12.6. The standard InChI is InChI=1S/C16H16ClF3N2O2/c17-11-8-6-10(7-9-11)14(23)22-15(24,16(18,19)20)12-4-2-1-3-5-13(12)21-22/h6-9,12,24H,1-5H2/t12-,15+/m1/s1. The summed E-state index contributed by atoms with van der Waals surface area (Å²) >= 11 is 5.74. The average molecular weight is 361 g/mol. The number of carbonyl (C=O) groups excluding carboxylic acids is 1. The van der Waals surface area contributed by atoms with Crippen molar-refractivity contribution in [3.05, 3.63) is 34.9 Å². The molecule has 1 N–H and O–H groups in total. The van der Waals surface area contributed by atoms with E-state index in [1.165, 1.54) is 24.3 Å². The molecule has 1 aromatic rings. The third-order valence-electron chi connectivity index (χ3n) is 4.57. The lowest BCUT2D eigenvalue weighted by atomic mass is 9.87. The van der Waals surface area contributed by atoms with Crippen LogP contribution in [0.1, 0.15) is 42.5 Å². The Morgan fingerprint density at radius 1 is 1.25 bits per heavy atom. The van der Waals surface area contributed by atoms with Crippen LogP contribution in [-0.2, 0) is 0 Å². The molecule has 0 aromatic heterocycles. The Bertz CT molecular complexity index is 675. The molecular formula is C16H16ClF3N2O2. The van der Waals surface area contributed by atoms with Crippen LogP contribution in [0.15, 0.2) is 29.4 Å². The fraction of sp³-hybridized carbons (Fsp3) is 0.500. The molecule has 1 amide bonds. The number of nitrogens with zero attached hydrogens (tertiary/aromatic N) is 2. The van der Waals surface area contributed by atoms with E-state index < -0.39 is 23.7 Å². The number of benzene rings is 1. The quantitative estimate of drug-likeness (QED) is 0.823. The van der Waals surface area contributed by atoms with E-state index in [1.54, 1.807) is 0 Å². The van der Waals surface area contributed by atoms with E-state index in [2.05, 4.69) is 5.10 Å². The van der Waals surface area contributed by atoms with Crippen molar-refractivity contribution < 1.29 is 23.1 Å². The van der Waals surface area contributed by atoms with Crippen molar-refractivity contribution in [2.75, 3.05) is 0 Å². The molecule has 0 saturated heterocycles. The molecule has 1 aliphatic carbocycles. The Balaban J connectivity index is 2.03. The molecule has 0 spiro atoms. The van der Waals surface area contributed by atoms with Crippen molar-refractivity contribution in [2.24, 2.45) is 11.0 Å². The minimum absolute atomic E-state index is 0.0112. The zero-order valence-electron chi connectivity index (χ0n) is 12.7. The zero-order chi connectivity index (χ0) is 17.5. The zero-order valence-corrected chi connectivity index (χ0v) is 13.4. The van der Waals surface area contributed by atoms with Gasteiger partial charge in [0.15, 0.2) is 0 Å². The number of fused-ring (bicyclic) bond motifs is 1. The van der Waals surface area contributed by atoms with Crippen molar-refractivity contribution in [1.29, 1.82) is 0 Å². The summed E-state index contributed by atoms with van der Waals surface area (Å²) in [5.41, 5.74) is -3.07. The van der Waals surface area contributed by atoms with Gasteiger partial charge < -0.3 is 5.11 Å². The van der Waals surface area contributed by atoms with Gasteiger partial charge >= 0.3 is 6.18 Å². The summed E-state index contributed by atoms with van der Waals surface area (Å²) in [7, 11) is 0. The topological polar surface area (TPSA) is 52.9 Å². The summed E-state index contributed by atoms with van der Waals surface area (Å²) in [5, 5.41) is 15.0. The van der Waals surface area contributed by atoms with E-state index in [-0.39, 0.29) is 22.7 Å². The lowest BCUT2D eigenvalue weighted by Gasteiger charge is -2.37. The average Bonchev–Trinajstić information content (AvgIpc) is 2.68. The molecule has 1 heterocycles. The van der Waals surface area contributed by atoms with Crippen LogP contribution in [-0.4, -0.2) is 33.6 Å². The lowest BCUT2D eigenvalue weighted by molar-refractivity contribution is -0.312. The minimum atomic E-state index is -5.00. The second-order valence-corrected chi connectivity index (χ2v) is 6.53. The lowest BCUT2D eigenvalue weighted by Crippen LogP contribution is -2.61. The van der Waals surface area contributed by atoms with Gasteiger partial charge in [0.25, 0.3) is 11.6 Å². The molecular weight excluding hydrogens is 345 g/mol. The first-order chi connectivity index (χ1) is 11.2. The molecule has 1 fully saturated rings. The van der Waals surface area contributed by atoms with Crippen molar-refractivity contribution in [2.45, 2.75) is 44.0 Å². The van der Waals surface area contributed by atoms with E-state index in [9.17, 15) is 23.1 Å². The molecule has 8 heteroatoms. The SMILES string of the molecule is O=C(c1ccc(Cl)cc1)N1N=C2CCCCC[C@H]2[C@]1(O)C(F)(F)F. The van der Waals surface area contributed by atoms with Crippen molar-refractivity contribution >= 4 is 23.2 Å². The van der Waals surface area contributed by atoms with Crippen molar-refractivity contribution in [1.82, 2.24) is 5.01 Å². The first-order valence-corrected chi connectivity index (χ1v) is 8.09. The summed E-state index contributed by atoms with van der Waals surface area (Å²) in [6.45, 7) is 0. The smallest absolute Gasteiger partial charge is 0.362 e. The molecule has 2 aliphatic rings. The Labute approximate surface area is 141 Å². The molecule has 1 aliphatic heterocycles. The maximum Gasteiger partial charge on any atom is 0.439 e. The number of rotatable bonds is 1. The van der Waals surface area contributed by atoms with Gasteiger partial charge in [0.2, 0.25) is 0 Å². The normalized spacial score (nSPS) is 27.5. The van der Waals surface area contributed by atoms with E-state index in [1.807, 2.05) is 0 Å². The number of aliphatic hydroxyl groups is 1. The van der Waals surface area contributed by atoms with Crippen molar-refractivity contribution in [3.8, 4) is 0 Å². The summed E-state index contributed by atoms with van der Waals surface area (Å²) in [6.07, 6.45) is -2.45. The molecule has 1 aromatic carbocycles. The van der Waals surface area contributed by atoms with E-state index >= 15 is 0 Å². The van der Waals surface area contributed by atoms with Crippen LogP contribution in [0, 0.1) is 5.92 Å². The molecule has 0 bridgehead atoms. The number of hydrazone groups is 1. The molecule has 2 atom stereocenters. The van der Waals surface area contributed by atoms with Gasteiger partial charge in [-0.1, -0.05) is 24.4 Å². The van der Waals surface area contributed by atoms with Crippen LogP contribution in [0.3, 0.4) is 0 Å². The molecule has 4 nitrogen and oxygen atoms in total. The van der Waals surface area contributed by atoms with Crippen LogP contribution in [0.25, 0.3) is 0 Å². The van der Waals surface area contributed by atoms with Gasteiger partial charge in [0, 0.05) is 16.3 Å². The highest BCUT2D eigenvalue weighted by Gasteiger charge is 2.68. The highest BCUT2D eigenvalue weighted by Crippen LogP contribution is 2.48. The Kier molecular flexibility index (Phi) is 4.34. The van der Waals surface area contributed by atoms with Gasteiger partial charge in [-0.05, 0) is 43.5 Å². The number of hydrogen-bond acceptors (Lipinski definition) is 3. The second kappa shape index (κ2) is 6.04. The summed E-state index contributed by atoms with van der Waals surface area (Å²) < 4.78 is 41.1. The molecule has 24 heavy (non-hydrogen) atoms. The number of halogens is 4. The maximum atomic E-state index is 13.7. The number of hydrogen-bond donors (Lipinski definition) is 1. The van der Waals surface area contributed by atoms with E-state index in [0.29, 0.717) is 24.3 Å². The largest absolute Gasteiger partial charge is 0.439 e. The third kappa shape index (κ3) is 2.69. The predicted octanol–water partition coefficient (Wildman–Crippen LogP) is 3.98. The molecule has 130 valence electrons. The monoisotopic (exact) mass is 360 g/mol. The van der Waals surface area contributed by atoms with Crippen LogP contribution in [0.4, 0.5) is 13.2 Å². The van der Waals surface area contributed by atoms with E-state index in [4.69, 9.17) is 11.6 Å². The van der Waals surface area contributed by atoms with Crippen LogP contribution >= 0.6 is 11.6 Å². The molecule has 0 radical (unpaired) electrons. The Morgan fingerprint density at radius 3 is 2.54 bits per heavy atom. The highest BCUT2D eigenvalue weighted by molar-refractivity contribution is 6.30. The summed E-state index contributed by atoms with van der Waals surface area (Å²) in [5.74, 6) is -2.21. The predicted molar refractivity (Wildman–Crippen MR) is 82.6 cm³/mol. The van der Waals surface area contributed by atoms with Crippen LogP contribution in [0.2, 0.25) is 5.02 Å².